The molecule has 7 heteroatoms. The molecule has 1 fully saturated rings. The first-order chi connectivity index (χ1) is 11.3. The number of hydrogen-bond acceptors (Lipinski definition) is 5. The molecule has 3 heterocycles. The summed E-state index contributed by atoms with van der Waals surface area (Å²) in [6.07, 6.45) is 2.65. The molecule has 1 aliphatic rings. The molecule has 0 unspecified atom stereocenters. The van der Waals surface area contributed by atoms with Gasteiger partial charge in [-0.2, -0.15) is 14.8 Å². The maximum absolute atomic E-state index is 14.3. The number of benzene rings is 1. The number of piperidine rings is 1. The number of rotatable bonds is 3. The molecule has 1 aromatic carbocycles. The van der Waals surface area contributed by atoms with Crippen molar-refractivity contribution in [1.29, 1.82) is 0 Å². The molecule has 0 bridgehead atoms. The molecule has 0 spiro atoms. The third-order valence-electron chi connectivity index (χ3n) is 4.37. The molecular formula is C16H18FN5O. The highest BCUT2D eigenvalue weighted by Crippen LogP contribution is 2.27. The van der Waals surface area contributed by atoms with Gasteiger partial charge in [0.2, 0.25) is 5.89 Å². The van der Waals surface area contributed by atoms with Gasteiger partial charge in [0.25, 0.3) is 5.95 Å². The predicted octanol–water partition coefficient (Wildman–Crippen LogP) is 2.58. The first kappa shape index (κ1) is 14.3. The van der Waals surface area contributed by atoms with Gasteiger partial charge in [-0.25, -0.2) is 4.39 Å². The van der Waals surface area contributed by atoms with Crippen LogP contribution < -0.4 is 5.32 Å². The van der Waals surface area contributed by atoms with Crippen LogP contribution in [0.25, 0.3) is 16.9 Å². The van der Waals surface area contributed by atoms with E-state index in [2.05, 4.69) is 20.6 Å². The Bertz CT molecular complexity index is 834. The molecule has 1 N–H and O–H groups in total. The first-order valence-corrected chi connectivity index (χ1v) is 7.98. The van der Waals surface area contributed by atoms with Gasteiger partial charge in [0.1, 0.15) is 11.3 Å². The van der Waals surface area contributed by atoms with Crippen LogP contribution in [-0.2, 0) is 6.42 Å². The average Bonchev–Trinajstić information content (AvgIpc) is 3.21. The van der Waals surface area contributed by atoms with Crippen LogP contribution in [0.5, 0.6) is 0 Å². The fourth-order valence-electron chi connectivity index (χ4n) is 3.14. The molecule has 1 saturated heterocycles. The van der Waals surface area contributed by atoms with Crippen molar-refractivity contribution in [3.63, 3.8) is 0 Å². The summed E-state index contributed by atoms with van der Waals surface area (Å²) in [5, 5.41) is 12.6. The molecule has 1 aliphatic heterocycles. The summed E-state index contributed by atoms with van der Waals surface area (Å²) >= 11 is 0. The van der Waals surface area contributed by atoms with Crippen LogP contribution >= 0.6 is 0 Å². The number of hydrogen-bond donors (Lipinski definition) is 1. The van der Waals surface area contributed by atoms with Gasteiger partial charge in [0.05, 0.1) is 5.69 Å². The molecule has 0 amide bonds. The summed E-state index contributed by atoms with van der Waals surface area (Å²) in [7, 11) is 0. The van der Waals surface area contributed by atoms with Gasteiger partial charge < -0.3 is 9.84 Å². The van der Waals surface area contributed by atoms with Crippen molar-refractivity contribution in [2.45, 2.75) is 32.1 Å². The number of aromatic nitrogens is 4. The Labute approximate surface area is 132 Å². The molecule has 2 aromatic heterocycles. The van der Waals surface area contributed by atoms with Crippen molar-refractivity contribution in [3.05, 3.63) is 35.6 Å². The highest BCUT2D eigenvalue weighted by molar-refractivity contribution is 5.83. The Balaban J connectivity index is 1.79. The van der Waals surface area contributed by atoms with Gasteiger partial charge in [-0.1, -0.05) is 19.1 Å². The number of fused-ring (bicyclic) bond motifs is 1. The van der Waals surface area contributed by atoms with Crippen molar-refractivity contribution >= 4 is 10.9 Å². The van der Waals surface area contributed by atoms with Gasteiger partial charge in [0, 0.05) is 11.3 Å². The molecule has 6 nitrogen and oxygen atoms in total. The quantitative estimate of drug-likeness (QED) is 0.804. The van der Waals surface area contributed by atoms with Crippen LogP contribution in [0.15, 0.2) is 22.7 Å². The van der Waals surface area contributed by atoms with Crippen molar-refractivity contribution in [3.8, 4) is 5.95 Å². The topological polar surface area (TPSA) is 68.8 Å². The smallest absolute Gasteiger partial charge is 0.291 e. The Kier molecular flexibility index (Phi) is 3.57. The summed E-state index contributed by atoms with van der Waals surface area (Å²) in [6.45, 7) is 3.89. The van der Waals surface area contributed by atoms with E-state index in [-0.39, 0.29) is 11.7 Å². The molecule has 3 aromatic rings. The third-order valence-corrected chi connectivity index (χ3v) is 4.37. The lowest BCUT2D eigenvalue weighted by Crippen LogP contribution is -2.26. The van der Waals surface area contributed by atoms with Crippen molar-refractivity contribution in [2.24, 2.45) is 0 Å². The molecule has 0 saturated carbocycles. The van der Waals surface area contributed by atoms with Gasteiger partial charge >= 0.3 is 0 Å². The minimum atomic E-state index is -0.331. The second-order valence-corrected chi connectivity index (χ2v) is 5.80. The Morgan fingerprint density at radius 2 is 2.17 bits per heavy atom. The van der Waals surface area contributed by atoms with E-state index < -0.39 is 0 Å². The standard InChI is InChI=1S/C16H18FN5O/c1-2-13-11-4-3-5-12(17)14(11)22(20-13)16-19-15(23-21-16)10-6-8-18-9-7-10/h3-5,10,18H,2,6-9H2,1H3. The van der Waals surface area contributed by atoms with Gasteiger partial charge in [-0.15, -0.1) is 0 Å². The number of halogens is 1. The van der Waals surface area contributed by atoms with Crippen molar-refractivity contribution in [2.75, 3.05) is 13.1 Å². The summed E-state index contributed by atoms with van der Waals surface area (Å²) in [4.78, 5) is 4.47. The van der Waals surface area contributed by atoms with E-state index in [1.165, 1.54) is 10.7 Å². The minimum absolute atomic E-state index is 0.259. The van der Waals surface area contributed by atoms with E-state index in [4.69, 9.17) is 4.52 Å². The van der Waals surface area contributed by atoms with Crippen LogP contribution in [0.1, 0.15) is 37.3 Å². The summed E-state index contributed by atoms with van der Waals surface area (Å²) < 4.78 is 21.2. The molecule has 0 aliphatic carbocycles. The zero-order valence-corrected chi connectivity index (χ0v) is 12.9. The second kappa shape index (κ2) is 5.73. The number of nitrogens with zero attached hydrogens (tertiary/aromatic N) is 4. The van der Waals surface area contributed by atoms with E-state index in [0.29, 0.717) is 23.8 Å². The molecule has 4 rings (SSSR count). The van der Waals surface area contributed by atoms with E-state index in [1.54, 1.807) is 6.07 Å². The van der Waals surface area contributed by atoms with E-state index in [1.807, 2.05) is 13.0 Å². The van der Waals surface area contributed by atoms with Crippen LogP contribution in [0, 0.1) is 5.82 Å². The Morgan fingerprint density at radius 1 is 1.35 bits per heavy atom. The minimum Gasteiger partial charge on any atom is -0.337 e. The maximum atomic E-state index is 14.3. The van der Waals surface area contributed by atoms with E-state index >= 15 is 0 Å². The number of nitrogens with one attached hydrogen (secondary N) is 1. The highest BCUT2D eigenvalue weighted by atomic mass is 19.1. The van der Waals surface area contributed by atoms with Crippen LogP contribution in [0.4, 0.5) is 4.39 Å². The molecule has 0 atom stereocenters. The summed E-state index contributed by atoms with van der Waals surface area (Å²) in [5.41, 5.74) is 1.23. The lowest BCUT2D eigenvalue weighted by atomic mass is 9.98. The van der Waals surface area contributed by atoms with Crippen LogP contribution in [0.2, 0.25) is 0 Å². The fraction of sp³-hybridized carbons (Fsp3) is 0.438. The SMILES string of the molecule is CCc1nn(-c2noc(C3CCNCC3)n2)c2c(F)cccc12. The zero-order chi connectivity index (χ0) is 15.8. The molecule has 23 heavy (non-hydrogen) atoms. The fourth-order valence-corrected chi connectivity index (χ4v) is 3.14. The second-order valence-electron chi connectivity index (χ2n) is 5.80. The summed E-state index contributed by atoms with van der Waals surface area (Å²) in [5.74, 6) is 0.839. The predicted molar refractivity (Wildman–Crippen MR) is 83.1 cm³/mol. The zero-order valence-electron chi connectivity index (χ0n) is 12.9. The van der Waals surface area contributed by atoms with Crippen molar-refractivity contribution < 1.29 is 8.91 Å². The Morgan fingerprint density at radius 3 is 2.96 bits per heavy atom. The average molecular weight is 315 g/mol. The van der Waals surface area contributed by atoms with Gasteiger partial charge in [0.15, 0.2) is 0 Å². The van der Waals surface area contributed by atoms with E-state index in [9.17, 15) is 4.39 Å². The van der Waals surface area contributed by atoms with Gasteiger partial charge in [-0.3, -0.25) is 0 Å². The Hall–Kier alpha value is -2.28. The van der Waals surface area contributed by atoms with Crippen molar-refractivity contribution in [1.82, 2.24) is 25.2 Å². The lowest BCUT2D eigenvalue weighted by Gasteiger charge is -2.18. The summed E-state index contributed by atoms with van der Waals surface area (Å²) in [6, 6.07) is 4.99. The van der Waals surface area contributed by atoms with E-state index in [0.717, 1.165) is 37.0 Å². The third kappa shape index (κ3) is 2.41. The maximum Gasteiger partial charge on any atom is 0.291 e. The molecular weight excluding hydrogens is 297 g/mol. The monoisotopic (exact) mass is 315 g/mol. The first-order valence-electron chi connectivity index (χ1n) is 7.98. The highest BCUT2D eigenvalue weighted by Gasteiger charge is 2.23. The number of aryl methyl sites for hydroxylation is 1. The van der Waals surface area contributed by atoms with Gasteiger partial charge in [-0.05, 0) is 43.6 Å². The molecule has 120 valence electrons. The molecule has 0 radical (unpaired) electrons. The normalized spacial score (nSPS) is 16.3. The number of para-hydroxylation sites is 1. The van der Waals surface area contributed by atoms with Crippen LogP contribution in [0.3, 0.4) is 0 Å². The lowest BCUT2D eigenvalue weighted by molar-refractivity contribution is 0.319. The van der Waals surface area contributed by atoms with Crippen LogP contribution in [-0.4, -0.2) is 33.0 Å². The largest absolute Gasteiger partial charge is 0.337 e.